The number of anilines is 1. The Morgan fingerprint density at radius 3 is 2.73 bits per heavy atom. The van der Waals surface area contributed by atoms with Crippen molar-refractivity contribution in [1.29, 1.82) is 0 Å². The molecule has 1 unspecified atom stereocenters. The molecule has 1 aromatic carbocycles. The van der Waals surface area contributed by atoms with Gasteiger partial charge in [-0.05, 0) is 44.4 Å². The number of carbonyl (C=O) groups is 1. The van der Waals surface area contributed by atoms with Gasteiger partial charge in [-0.2, -0.15) is 4.31 Å². The van der Waals surface area contributed by atoms with Crippen LogP contribution in [0.2, 0.25) is 0 Å². The van der Waals surface area contributed by atoms with Crippen LogP contribution in [0.4, 0.5) is 5.13 Å². The largest absolute Gasteiger partial charge is 0.346 e. The number of benzene rings is 1. The number of piperidine rings is 1. The normalized spacial score (nSPS) is 21.4. The summed E-state index contributed by atoms with van der Waals surface area (Å²) in [5.41, 5.74) is 0.434. The topological polar surface area (TPSA) is 73.8 Å². The van der Waals surface area contributed by atoms with E-state index >= 15 is 0 Å². The molecule has 2 fully saturated rings. The molecule has 1 amide bonds. The van der Waals surface area contributed by atoms with Crippen molar-refractivity contribution in [1.82, 2.24) is 14.2 Å². The minimum atomic E-state index is -3.60. The Hall–Kier alpha value is -1.97. The monoisotopic (exact) mass is 448 g/mol. The smallest absolute Gasteiger partial charge is 0.253 e. The second-order valence-electron chi connectivity index (χ2n) is 7.94. The van der Waals surface area contributed by atoms with E-state index in [-0.39, 0.29) is 16.8 Å². The van der Waals surface area contributed by atoms with Crippen molar-refractivity contribution >= 4 is 32.4 Å². The Kier molecular flexibility index (Phi) is 6.40. The molecule has 0 radical (unpaired) electrons. The minimum Gasteiger partial charge on any atom is -0.346 e. The summed E-state index contributed by atoms with van der Waals surface area (Å²) >= 11 is 1.60. The summed E-state index contributed by atoms with van der Waals surface area (Å²) in [6.07, 6.45) is 5.46. The molecule has 7 nitrogen and oxygen atoms in total. The number of hydrogen-bond donors (Lipinski definition) is 0. The molecule has 2 aliphatic heterocycles. The van der Waals surface area contributed by atoms with Crippen LogP contribution in [0.15, 0.2) is 40.7 Å². The van der Waals surface area contributed by atoms with Gasteiger partial charge in [0, 0.05) is 55.9 Å². The summed E-state index contributed by atoms with van der Waals surface area (Å²) < 4.78 is 27.9. The molecule has 2 aromatic rings. The zero-order chi connectivity index (χ0) is 21.1. The number of amides is 1. The summed E-state index contributed by atoms with van der Waals surface area (Å²) in [5, 5.41) is 2.94. The second-order valence-corrected chi connectivity index (χ2v) is 10.7. The van der Waals surface area contributed by atoms with Crippen molar-refractivity contribution in [3.8, 4) is 0 Å². The predicted molar refractivity (Wildman–Crippen MR) is 118 cm³/mol. The average Bonchev–Trinajstić information content (AvgIpc) is 3.18. The first-order valence-electron chi connectivity index (χ1n) is 10.5. The van der Waals surface area contributed by atoms with Crippen LogP contribution in [-0.4, -0.2) is 67.3 Å². The van der Waals surface area contributed by atoms with Crippen molar-refractivity contribution < 1.29 is 13.2 Å². The van der Waals surface area contributed by atoms with Crippen LogP contribution in [0, 0.1) is 0 Å². The number of carbonyl (C=O) groups excluding carboxylic acids is 1. The van der Waals surface area contributed by atoms with Gasteiger partial charge in [-0.1, -0.05) is 12.5 Å². The maximum Gasteiger partial charge on any atom is 0.253 e. The predicted octanol–water partition coefficient (Wildman–Crippen LogP) is 3.06. The third kappa shape index (κ3) is 4.38. The highest BCUT2D eigenvalue weighted by atomic mass is 32.2. The van der Waals surface area contributed by atoms with Gasteiger partial charge in [-0.3, -0.25) is 4.79 Å². The number of aromatic nitrogens is 1. The van der Waals surface area contributed by atoms with Crippen LogP contribution in [0.3, 0.4) is 0 Å². The summed E-state index contributed by atoms with van der Waals surface area (Å²) in [6, 6.07) is 6.52. The molecule has 30 heavy (non-hydrogen) atoms. The van der Waals surface area contributed by atoms with Crippen molar-refractivity contribution in [2.75, 3.05) is 37.6 Å². The Balaban J connectivity index is 1.50. The highest BCUT2D eigenvalue weighted by molar-refractivity contribution is 7.89. The maximum absolute atomic E-state index is 13.2. The van der Waals surface area contributed by atoms with Gasteiger partial charge < -0.3 is 9.80 Å². The van der Waals surface area contributed by atoms with E-state index < -0.39 is 10.0 Å². The van der Waals surface area contributed by atoms with E-state index in [1.807, 2.05) is 17.2 Å². The van der Waals surface area contributed by atoms with E-state index in [1.165, 1.54) is 0 Å². The molecule has 0 spiro atoms. The highest BCUT2D eigenvalue weighted by Crippen LogP contribution is 2.26. The summed E-state index contributed by atoms with van der Waals surface area (Å²) in [4.78, 5) is 21.8. The van der Waals surface area contributed by atoms with E-state index in [4.69, 9.17) is 0 Å². The second kappa shape index (κ2) is 9.03. The van der Waals surface area contributed by atoms with Crippen LogP contribution in [0.5, 0.6) is 0 Å². The fraction of sp³-hybridized carbons (Fsp3) is 0.524. The highest BCUT2D eigenvalue weighted by Gasteiger charge is 2.31. The van der Waals surface area contributed by atoms with Gasteiger partial charge in [0.05, 0.1) is 4.90 Å². The number of rotatable bonds is 4. The Bertz CT molecular complexity index is 978. The SMILES string of the molecule is CC1CCCCN1S(=O)(=O)c1cccc(C(=O)N2CCCN(c3nccs3)CC2)c1. The standard InChI is InChI=1S/C21H28N4O3S2/c1-17-6-2-3-12-25(17)30(27,28)19-8-4-7-18(16-19)20(26)23-10-5-11-24(14-13-23)21-22-9-15-29-21/h4,7-9,15-17H,2-3,5-6,10-14H2,1H3. The lowest BCUT2D eigenvalue weighted by atomic mass is 10.1. The molecule has 0 saturated carbocycles. The van der Waals surface area contributed by atoms with Gasteiger partial charge in [0.15, 0.2) is 5.13 Å². The lowest BCUT2D eigenvalue weighted by molar-refractivity contribution is 0.0766. The van der Waals surface area contributed by atoms with Crippen molar-refractivity contribution in [2.45, 2.75) is 43.5 Å². The lowest BCUT2D eigenvalue weighted by Crippen LogP contribution is -2.42. The van der Waals surface area contributed by atoms with Gasteiger partial charge in [0.1, 0.15) is 0 Å². The summed E-state index contributed by atoms with van der Waals surface area (Å²) in [6.45, 7) is 5.33. The van der Waals surface area contributed by atoms with Crippen molar-refractivity contribution in [3.63, 3.8) is 0 Å². The van der Waals surface area contributed by atoms with E-state index in [2.05, 4.69) is 9.88 Å². The number of hydrogen-bond acceptors (Lipinski definition) is 6. The summed E-state index contributed by atoms with van der Waals surface area (Å²) in [7, 11) is -3.60. The zero-order valence-corrected chi connectivity index (χ0v) is 18.9. The number of thiazole rings is 1. The van der Waals surface area contributed by atoms with E-state index in [0.29, 0.717) is 25.2 Å². The molecule has 4 rings (SSSR count). The van der Waals surface area contributed by atoms with Gasteiger partial charge in [-0.15, -0.1) is 11.3 Å². The van der Waals surface area contributed by atoms with Crippen molar-refractivity contribution in [3.05, 3.63) is 41.4 Å². The molecular weight excluding hydrogens is 420 g/mol. The fourth-order valence-corrected chi connectivity index (χ4v) is 6.66. The Labute approximate surface area is 182 Å². The van der Waals surface area contributed by atoms with E-state index in [0.717, 1.165) is 43.9 Å². The molecule has 0 bridgehead atoms. The molecule has 9 heteroatoms. The molecule has 162 valence electrons. The molecule has 2 saturated heterocycles. The van der Waals surface area contributed by atoms with Crippen LogP contribution in [0.25, 0.3) is 0 Å². The van der Waals surface area contributed by atoms with Gasteiger partial charge in [-0.25, -0.2) is 13.4 Å². The van der Waals surface area contributed by atoms with Crippen LogP contribution in [-0.2, 0) is 10.0 Å². The lowest BCUT2D eigenvalue weighted by Gasteiger charge is -2.32. The first-order valence-corrected chi connectivity index (χ1v) is 12.8. The maximum atomic E-state index is 13.2. The molecule has 1 aromatic heterocycles. The van der Waals surface area contributed by atoms with Crippen molar-refractivity contribution in [2.24, 2.45) is 0 Å². The number of nitrogens with zero attached hydrogens (tertiary/aromatic N) is 4. The van der Waals surface area contributed by atoms with Gasteiger partial charge in [0.2, 0.25) is 10.0 Å². The van der Waals surface area contributed by atoms with Gasteiger partial charge >= 0.3 is 0 Å². The first-order chi connectivity index (χ1) is 14.5. The zero-order valence-electron chi connectivity index (χ0n) is 17.2. The summed E-state index contributed by atoms with van der Waals surface area (Å²) in [5.74, 6) is -0.111. The van der Waals surface area contributed by atoms with Crippen LogP contribution < -0.4 is 4.90 Å². The number of sulfonamides is 1. The minimum absolute atomic E-state index is 0.00874. The van der Waals surface area contributed by atoms with Crippen LogP contribution in [0.1, 0.15) is 43.0 Å². The van der Waals surface area contributed by atoms with Gasteiger partial charge in [0.25, 0.3) is 5.91 Å². The quantitative estimate of drug-likeness (QED) is 0.719. The first kappa shape index (κ1) is 21.3. The molecule has 2 aliphatic rings. The van der Waals surface area contributed by atoms with Crippen LogP contribution >= 0.6 is 11.3 Å². The van der Waals surface area contributed by atoms with E-state index in [9.17, 15) is 13.2 Å². The average molecular weight is 449 g/mol. The van der Waals surface area contributed by atoms with E-state index in [1.54, 1.807) is 46.1 Å². The fourth-order valence-electron chi connectivity index (χ4n) is 4.22. The third-order valence-electron chi connectivity index (χ3n) is 5.90. The Morgan fingerprint density at radius 2 is 1.97 bits per heavy atom. The molecule has 1 atom stereocenters. The molecular formula is C21H28N4O3S2. The molecule has 0 N–H and O–H groups in total. The Morgan fingerprint density at radius 1 is 1.10 bits per heavy atom. The molecule has 0 aliphatic carbocycles. The third-order valence-corrected chi connectivity index (χ3v) is 8.74. The molecule has 3 heterocycles.